The molecule has 0 radical (unpaired) electrons. The first-order chi connectivity index (χ1) is 12.2. The van der Waals surface area contributed by atoms with E-state index >= 15 is 0 Å². The van der Waals surface area contributed by atoms with Gasteiger partial charge < -0.3 is 9.15 Å². The van der Waals surface area contributed by atoms with E-state index in [1.807, 2.05) is 30.5 Å². The minimum absolute atomic E-state index is 0.181. The predicted molar refractivity (Wildman–Crippen MR) is 92.3 cm³/mol. The van der Waals surface area contributed by atoms with Crippen LogP contribution in [0.5, 0.6) is 5.88 Å². The molecule has 1 amide bonds. The molecule has 2 aromatic heterocycles. The molecule has 0 saturated carbocycles. The monoisotopic (exact) mass is 354 g/mol. The van der Waals surface area contributed by atoms with Crippen molar-refractivity contribution in [2.24, 2.45) is 0 Å². The zero-order chi connectivity index (χ0) is 17.4. The van der Waals surface area contributed by atoms with E-state index in [0.29, 0.717) is 28.2 Å². The second-order valence-electron chi connectivity index (χ2n) is 5.34. The summed E-state index contributed by atoms with van der Waals surface area (Å²) in [6, 6.07) is 11.0. The van der Waals surface area contributed by atoms with Crippen molar-refractivity contribution >= 4 is 23.4 Å². The van der Waals surface area contributed by atoms with Gasteiger partial charge in [0.1, 0.15) is 0 Å². The first kappa shape index (κ1) is 15.6. The molecule has 4 rings (SSSR count). The molecule has 1 aromatic carbocycles. The average Bonchev–Trinajstić information content (AvgIpc) is 3.11. The summed E-state index contributed by atoms with van der Waals surface area (Å²) in [5.41, 5.74) is 1.89. The summed E-state index contributed by atoms with van der Waals surface area (Å²) in [4.78, 5) is 18.4. The number of furan rings is 1. The van der Waals surface area contributed by atoms with Crippen LogP contribution in [-0.4, -0.2) is 27.3 Å². The Morgan fingerprint density at radius 1 is 1.20 bits per heavy atom. The molecule has 0 spiro atoms. The molecule has 3 heterocycles. The van der Waals surface area contributed by atoms with Crippen molar-refractivity contribution in [3.8, 4) is 17.1 Å². The number of fused-ring (bicyclic) bond motifs is 3. The fourth-order valence-electron chi connectivity index (χ4n) is 2.76. The number of ether oxygens (including phenoxy) is 1. The van der Waals surface area contributed by atoms with Crippen LogP contribution in [0.2, 0.25) is 0 Å². The van der Waals surface area contributed by atoms with Crippen LogP contribution in [0.1, 0.15) is 18.9 Å². The number of amides is 1. The molecule has 0 bridgehead atoms. The van der Waals surface area contributed by atoms with Gasteiger partial charge in [0, 0.05) is 12.5 Å². The maximum absolute atomic E-state index is 12.4. The van der Waals surface area contributed by atoms with E-state index in [4.69, 9.17) is 9.15 Å². The summed E-state index contributed by atoms with van der Waals surface area (Å²) in [7, 11) is 0. The second-order valence-corrected chi connectivity index (χ2v) is 6.12. The third-order valence-electron chi connectivity index (χ3n) is 3.82. The summed E-state index contributed by atoms with van der Waals surface area (Å²) in [5.74, 6) is 0.638. The maximum Gasteiger partial charge on any atom is 0.247 e. The number of carbonyl (C=O) groups is 1. The van der Waals surface area contributed by atoms with Crippen molar-refractivity contribution < 1.29 is 13.9 Å². The van der Waals surface area contributed by atoms with Crippen LogP contribution >= 0.6 is 11.8 Å². The van der Waals surface area contributed by atoms with Crippen molar-refractivity contribution in [3.05, 3.63) is 48.4 Å². The topological polar surface area (TPSA) is 81.3 Å². The first-order valence-corrected chi connectivity index (χ1v) is 8.79. The number of rotatable bonds is 2. The van der Waals surface area contributed by atoms with E-state index in [0.717, 1.165) is 5.56 Å². The van der Waals surface area contributed by atoms with Crippen molar-refractivity contribution in [2.75, 3.05) is 11.2 Å². The number of thioether (sulfide) groups is 1. The zero-order valence-corrected chi connectivity index (χ0v) is 14.4. The molecule has 0 aliphatic carbocycles. The van der Waals surface area contributed by atoms with E-state index in [-0.39, 0.29) is 5.91 Å². The summed E-state index contributed by atoms with van der Waals surface area (Å²) in [6.45, 7) is 1.48. The standard InChI is InChI=1S/C17H14N4O3S/c1-10(22)21-12-7-4-3-6-11(12)14-15(18-17(25-2)20-19-14)24-16(21)13-8-5-9-23-13/h3-9,16H,1-2H3/t16-/m0/s1. The van der Waals surface area contributed by atoms with Crippen LogP contribution in [0.3, 0.4) is 0 Å². The molecule has 3 aromatic rings. The number of carbonyl (C=O) groups excluding carboxylic acids is 1. The smallest absolute Gasteiger partial charge is 0.247 e. The number of hydrogen-bond donors (Lipinski definition) is 0. The molecular formula is C17H14N4O3S. The fourth-order valence-corrected chi connectivity index (χ4v) is 3.05. The molecule has 25 heavy (non-hydrogen) atoms. The van der Waals surface area contributed by atoms with Gasteiger partial charge in [0.25, 0.3) is 0 Å². The fraction of sp³-hybridized carbons (Fsp3) is 0.176. The highest BCUT2D eigenvalue weighted by molar-refractivity contribution is 7.98. The second kappa shape index (κ2) is 6.21. The highest BCUT2D eigenvalue weighted by Gasteiger charge is 2.35. The van der Waals surface area contributed by atoms with Gasteiger partial charge in [-0.15, -0.1) is 10.2 Å². The maximum atomic E-state index is 12.4. The molecule has 1 atom stereocenters. The molecule has 0 N–H and O–H groups in total. The van der Waals surface area contributed by atoms with Crippen LogP contribution in [0, 0.1) is 0 Å². The van der Waals surface area contributed by atoms with Gasteiger partial charge in [-0.05, 0) is 24.5 Å². The van der Waals surface area contributed by atoms with E-state index < -0.39 is 6.23 Å². The van der Waals surface area contributed by atoms with Gasteiger partial charge in [0.2, 0.25) is 23.2 Å². The van der Waals surface area contributed by atoms with E-state index in [1.54, 1.807) is 18.4 Å². The Morgan fingerprint density at radius 3 is 2.76 bits per heavy atom. The average molecular weight is 354 g/mol. The van der Waals surface area contributed by atoms with Gasteiger partial charge in [-0.1, -0.05) is 30.0 Å². The number of para-hydroxylation sites is 1. The largest absolute Gasteiger partial charge is 0.463 e. The number of anilines is 1. The lowest BCUT2D eigenvalue weighted by atomic mass is 10.1. The predicted octanol–water partition coefficient (Wildman–Crippen LogP) is 3.30. The van der Waals surface area contributed by atoms with E-state index in [9.17, 15) is 4.79 Å². The zero-order valence-electron chi connectivity index (χ0n) is 13.5. The van der Waals surface area contributed by atoms with Crippen molar-refractivity contribution in [2.45, 2.75) is 18.3 Å². The minimum Gasteiger partial charge on any atom is -0.463 e. The lowest BCUT2D eigenvalue weighted by molar-refractivity contribution is -0.118. The van der Waals surface area contributed by atoms with Gasteiger partial charge >= 0.3 is 0 Å². The molecular weight excluding hydrogens is 340 g/mol. The van der Waals surface area contributed by atoms with Crippen molar-refractivity contribution in [1.29, 1.82) is 0 Å². The van der Waals surface area contributed by atoms with Crippen LogP contribution in [0.15, 0.2) is 52.2 Å². The van der Waals surface area contributed by atoms with E-state index in [2.05, 4.69) is 15.2 Å². The molecule has 0 unspecified atom stereocenters. The molecule has 1 aliphatic rings. The molecule has 1 aliphatic heterocycles. The van der Waals surface area contributed by atoms with Crippen LogP contribution < -0.4 is 9.64 Å². The third kappa shape index (κ3) is 2.64. The molecule has 8 heteroatoms. The Kier molecular flexibility index (Phi) is 3.89. The molecule has 0 fully saturated rings. The van der Waals surface area contributed by atoms with Crippen LogP contribution in [0.4, 0.5) is 5.69 Å². The lowest BCUT2D eigenvalue weighted by Gasteiger charge is -2.28. The highest BCUT2D eigenvalue weighted by Crippen LogP contribution is 2.43. The Morgan fingerprint density at radius 2 is 2.04 bits per heavy atom. The van der Waals surface area contributed by atoms with Crippen molar-refractivity contribution in [1.82, 2.24) is 15.2 Å². The van der Waals surface area contributed by atoms with E-state index in [1.165, 1.54) is 23.6 Å². The molecule has 0 saturated heterocycles. The minimum atomic E-state index is -0.777. The molecule has 126 valence electrons. The highest BCUT2D eigenvalue weighted by atomic mass is 32.2. The Bertz CT molecular complexity index is 929. The molecule has 7 nitrogen and oxygen atoms in total. The Balaban J connectivity index is 1.98. The lowest BCUT2D eigenvalue weighted by Crippen LogP contribution is -2.35. The number of nitrogens with zero attached hydrogens (tertiary/aromatic N) is 4. The van der Waals surface area contributed by atoms with Gasteiger partial charge in [-0.25, -0.2) is 0 Å². The third-order valence-corrected chi connectivity index (χ3v) is 4.36. The van der Waals surface area contributed by atoms with Crippen LogP contribution in [-0.2, 0) is 4.79 Å². The number of aromatic nitrogens is 3. The summed E-state index contributed by atoms with van der Waals surface area (Å²) >= 11 is 1.37. The SMILES string of the molecule is CSc1nnc2c(n1)O[C@@H](c1ccco1)N(C(C)=O)c1ccccc1-2. The van der Waals surface area contributed by atoms with Gasteiger partial charge in [-0.3, -0.25) is 9.69 Å². The normalized spacial score (nSPS) is 15.8. The van der Waals surface area contributed by atoms with Gasteiger partial charge in [0.05, 0.1) is 12.0 Å². The van der Waals surface area contributed by atoms with Crippen LogP contribution in [0.25, 0.3) is 11.3 Å². The number of hydrogen-bond acceptors (Lipinski definition) is 7. The summed E-state index contributed by atoms with van der Waals surface area (Å²) in [6.07, 6.45) is 2.63. The van der Waals surface area contributed by atoms with Gasteiger partial charge in [0.15, 0.2) is 11.5 Å². The van der Waals surface area contributed by atoms with Gasteiger partial charge in [-0.2, -0.15) is 4.98 Å². The number of benzene rings is 1. The summed E-state index contributed by atoms with van der Waals surface area (Å²) < 4.78 is 11.6. The first-order valence-electron chi connectivity index (χ1n) is 7.57. The van der Waals surface area contributed by atoms with Crippen molar-refractivity contribution in [3.63, 3.8) is 0 Å². The quantitative estimate of drug-likeness (QED) is 0.653. The Hall–Kier alpha value is -2.87. The Labute approximate surface area is 148 Å². The summed E-state index contributed by atoms with van der Waals surface area (Å²) in [5, 5.41) is 8.87.